The van der Waals surface area contributed by atoms with Crippen molar-refractivity contribution in [1.29, 1.82) is 0 Å². The van der Waals surface area contributed by atoms with Gasteiger partial charge in [0.05, 0.1) is 6.04 Å². The Balaban J connectivity index is 1.92. The Labute approximate surface area is 170 Å². The maximum Gasteiger partial charge on any atom is 0.220 e. The Morgan fingerprint density at radius 3 is 2.57 bits per heavy atom. The molecule has 1 aromatic carbocycles. The average Bonchev–Trinajstić information content (AvgIpc) is 2.91. The Morgan fingerprint density at radius 1 is 1.21 bits per heavy atom. The van der Waals surface area contributed by atoms with Gasteiger partial charge in [-0.05, 0) is 43.2 Å². The van der Waals surface area contributed by atoms with E-state index in [0.717, 1.165) is 25.8 Å². The summed E-state index contributed by atoms with van der Waals surface area (Å²) in [6, 6.07) is 9.81. The minimum atomic E-state index is 0.169. The molecule has 3 rings (SSSR count). The number of carbonyl (C=O) groups excluding carboxylic acids is 1. The van der Waals surface area contributed by atoms with Gasteiger partial charge in [0.2, 0.25) is 5.91 Å². The second-order valence-electron chi connectivity index (χ2n) is 9.14. The number of benzene rings is 1. The van der Waals surface area contributed by atoms with Gasteiger partial charge in [-0.25, -0.2) is 0 Å². The summed E-state index contributed by atoms with van der Waals surface area (Å²) in [7, 11) is 2.16. The summed E-state index contributed by atoms with van der Waals surface area (Å²) >= 11 is 0. The largest absolute Gasteiger partial charge is 0.346 e. The second-order valence-corrected chi connectivity index (χ2v) is 9.14. The van der Waals surface area contributed by atoms with E-state index in [1.165, 1.54) is 28.6 Å². The summed E-state index contributed by atoms with van der Waals surface area (Å²) in [4.78, 5) is 14.5. The molecular formula is C24H37N3O. The number of rotatable bonds is 7. The van der Waals surface area contributed by atoms with Crippen LogP contribution < -0.4 is 5.32 Å². The van der Waals surface area contributed by atoms with Crippen molar-refractivity contribution >= 4 is 16.8 Å². The third kappa shape index (κ3) is 4.27. The quantitative estimate of drug-likeness (QED) is 0.744. The Morgan fingerprint density at radius 2 is 1.93 bits per heavy atom. The van der Waals surface area contributed by atoms with Crippen molar-refractivity contribution in [2.75, 3.05) is 6.54 Å². The fourth-order valence-electron chi connectivity index (χ4n) is 5.05. The molecule has 4 nitrogen and oxygen atoms in total. The second kappa shape index (κ2) is 8.69. The van der Waals surface area contributed by atoms with Gasteiger partial charge in [0.25, 0.3) is 0 Å². The van der Waals surface area contributed by atoms with E-state index in [1.54, 1.807) is 6.92 Å². The molecule has 1 amide bonds. The van der Waals surface area contributed by atoms with Crippen molar-refractivity contribution in [2.24, 2.45) is 13.0 Å². The molecule has 0 saturated heterocycles. The smallest absolute Gasteiger partial charge is 0.220 e. The zero-order valence-corrected chi connectivity index (χ0v) is 18.5. The molecule has 28 heavy (non-hydrogen) atoms. The number of amides is 1. The summed E-state index contributed by atoms with van der Waals surface area (Å²) in [5.74, 6) is 0.859. The van der Waals surface area contributed by atoms with Crippen LogP contribution in [0.25, 0.3) is 10.9 Å². The normalized spacial score (nSPS) is 18.1. The fourth-order valence-corrected chi connectivity index (χ4v) is 5.05. The molecule has 4 heteroatoms. The van der Waals surface area contributed by atoms with Crippen molar-refractivity contribution in [3.8, 4) is 0 Å². The van der Waals surface area contributed by atoms with Crippen LogP contribution in [0.4, 0.5) is 0 Å². The number of hydrogen-bond donors (Lipinski definition) is 1. The molecule has 2 heterocycles. The molecule has 0 aliphatic carbocycles. The SMILES string of the molecule is CC(=O)N1CCc2c(n(C)c3ccccc23)C1CCC(CC(C)C)NC(C)C. The fraction of sp³-hybridized carbons (Fsp3) is 0.625. The number of carbonyl (C=O) groups is 1. The lowest BCUT2D eigenvalue weighted by atomic mass is 9.91. The van der Waals surface area contributed by atoms with Crippen LogP contribution in [0.3, 0.4) is 0 Å². The molecule has 0 bridgehead atoms. The van der Waals surface area contributed by atoms with Crippen LogP contribution in [0.5, 0.6) is 0 Å². The van der Waals surface area contributed by atoms with Crippen LogP contribution in [0.15, 0.2) is 24.3 Å². The first-order valence-electron chi connectivity index (χ1n) is 10.9. The summed E-state index contributed by atoms with van der Waals surface area (Å²) in [6.45, 7) is 11.6. The van der Waals surface area contributed by atoms with E-state index in [9.17, 15) is 4.79 Å². The Kier molecular flexibility index (Phi) is 6.49. The minimum Gasteiger partial charge on any atom is -0.346 e. The van der Waals surface area contributed by atoms with Crippen molar-refractivity contribution in [1.82, 2.24) is 14.8 Å². The van der Waals surface area contributed by atoms with Crippen LogP contribution in [0, 0.1) is 5.92 Å². The number of aromatic nitrogens is 1. The minimum absolute atomic E-state index is 0.169. The molecule has 2 unspecified atom stereocenters. The van der Waals surface area contributed by atoms with Crippen molar-refractivity contribution in [2.45, 2.75) is 78.4 Å². The lowest BCUT2D eigenvalue weighted by Crippen LogP contribution is -2.41. The molecule has 2 aromatic rings. The number of fused-ring (bicyclic) bond motifs is 3. The highest BCUT2D eigenvalue weighted by molar-refractivity contribution is 5.86. The molecule has 0 saturated carbocycles. The van der Waals surface area contributed by atoms with Gasteiger partial charge in [-0.3, -0.25) is 4.79 Å². The summed E-state index contributed by atoms with van der Waals surface area (Å²) in [5.41, 5.74) is 4.07. The van der Waals surface area contributed by atoms with Crippen LogP contribution in [0.1, 0.15) is 71.2 Å². The summed E-state index contributed by atoms with van der Waals surface area (Å²) < 4.78 is 2.33. The number of aryl methyl sites for hydroxylation is 1. The van der Waals surface area contributed by atoms with Gasteiger partial charge in [0, 0.05) is 49.2 Å². The van der Waals surface area contributed by atoms with Crippen LogP contribution in [-0.4, -0.2) is 34.0 Å². The van der Waals surface area contributed by atoms with Gasteiger partial charge < -0.3 is 14.8 Å². The van der Waals surface area contributed by atoms with Crippen LogP contribution in [-0.2, 0) is 18.3 Å². The van der Waals surface area contributed by atoms with E-state index in [2.05, 4.69) is 73.8 Å². The number of hydrogen-bond acceptors (Lipinski definition) is 2. The van der Waals surface area contributed by atoms with E-state index >= 15 is 0 Å². The van der Waals surface area contributed by atoms with Gasteiger partial charge in [-0.1, -0.05) is 45.9 Å². The molecule has 2 atom stereocenters. The van der Waals surface area contributed by atoms with E-state index in [0.29, 0.717) is 18.0 Å². The monoisotopic (exact) mass is 383 g/mol. The molecule has 1 aliphatic rings. The first kappa shape index (κ1) is 20.9. The molecule has 1 aromatic heterocycles. The van der Waals surface area contributed by atoms with Crippen LogP contribution >= 0.6 is 0 Å². The molecule has 0 spiro atoms. The molecule has 154 valence electrons. The van der Waals surface area contributed by atoms with Gasteiger partial charge in [-0.15, -0.1) is 0 Å². The summed E-state index contributed by atoms with van der Waals surface area (Å²) in [6.07, 6.45) is 4.22. The van der Waals surface area contributed by atoms with Crippen molar-refractivity contribution < 1.29 is 4.79 Å². The van der Waals surface area contributed by atoms with Crippen LogP contribution in [0.2, 0.25) is 0 Å². The van der Waals surface area contributed by atoms with E-state index in [4.69, 9.17) is 0 Å². The highest BCUT2D eigenvalue weighted by atomic mass is 16.2. The first-order valence-corrected chi connectivity index (χ1v) is 10.9. The third-order valence-electron chi connectivity index (χ3n) is 6.07. The third-order valence-corrected chi connectivity index (χ3v) is 6.07. The van der Waals surface area contributed by atoms with Gasteiger partial charge in [-0.2, -0.15) is 0 Å². The maximum absolute atomic E-state index is 12.4. The topological polar surface area (TPSA) is 37.3 Å². The standard InChI is InChI=1S/C24H37N3O/c1-16(2)15-19(25-17(3)4)11-12-23-24-21(13-14-27(23)18(5)28)20-9-7-8-10-22(20)26(24)6/h7-10,16-17,19,23,25H,11-15H2,1-6H3. The predicted octanol–water partition coefficient (Wildman–Crippen LogP) is 4.82. The number of nitrogens with one attached hydrogen (secondary N) is 1. The summed E-state index contributed by atoms with van der Waals surface area (Å²) in [5, 5.41) is 5.10. The van der Waals surface area contributed by atoms with Gasteiger partial charge in [0.15, 0.2) is 0 Å². The molecule has 1 N–H and O–H groups in total. The number of para-hydroxylation sites is 1. The molecule has 0 radical (unpaired) electrons. The highest BCUT2D eigenvalue weighted by Gasteiger charge is 2.33. The Hall–Kier alpha value is -1.81. The number of nitrogens with zero attached hydrogens (tertiary/aromatic N) is 2. The Bertz CT molecular complexity index is 811. The lowest BCUT2D eigenvalue weighted by Gasteiger charge is -2.37. The maximum atomic E-state index is 12.4. The van der Waals surface area contributed by atoms with Gasteiger partial charge in [0.1, 0.15) is 0 Å². The molecular weight excluding hydrogens is 346 g/mol. The zero-order valence-electron chi connectivity index (χ0n) is 18.5. The van der Waals surface area contributed by atoms with Crippen molar-refractivity contribution in [3.05, 3.63) is 35.5 Å². The molecule has 1 aliphatic heterocycles. The van der Waals surface area contributed by atoms with E-state index in [1.807, 2.05) is 0 Å². The van der Waals surface area contributed by atoms with E-state index < -0.39 is 0 Å². The van der Waals surface area contributed by atoms with Crippen molar-refractivity contribution in [3.63, 3.8) is 0 Å². The highest BCUT2D eigenvalue weighted by Crippen LogP contribution is 2.39. The van der Waals surface area contributed by atoms with E-state index in [-0.39, 0.29) is 11.9 Å². The predicted molar refractivity (Wildman–Crippen MR) is 117 cm³/mol. The molecule has 0 fully saturated rings. The first-order chi connectivity index (χ1) is 13.3. The zero-order chi connectivity index (χ0) is 20.4. The average molecular weight is 384 g/mol. The lowest BCUT2D eigenvalue weighted by molar-refractivity contribution is -0.132. The van der Waals surface area contributed by atoms with Gasteiger partial charge >= 0.3 is 0 Å².